The van der Waals surface area contributed by atoms with Crippen LogP contribution in [0.25, 0.3) is 0 Å². The number of amides is 3. The second kappa shape index (κ2) is 12.8. The predicted molar refractivity (Wildman–Crippen MR) is 158 cm³/mol. The van der Waals surface area contributed by atoms with Crippen LogP contribution < -0.4 is 14.8 Å². The van der Waals surface area contributed by atoms with E-state index >= 15 is 0 Å². The van der Waals surface area contributed by atoms with Crippen LogP contribution in [0.2, 0.25) is 0 Å². The van der Waals surface area contributed by atoms with E-state index < -0.39 is 39.9 Å². The summed E-state index contributed by atoms with van der Waals surface area (Å²) in [6, 6.07) is 15.3. The number of benzene rings is 3. The van der Waals surface area contributed by atoms with Crippen LogP contribution in [0.4, 0.5) is 20.6 Å². The van der Waals surface area contributed by atoms with Crippen molar-refractivity contribution in [1.29, 1.82) is 0 Å². The Morgan fingerprint density at radius 3 is 2.45 bits per heavy atom. The van der Waals surface area contributed by atoms with Crippen LogP contribution in [-0.4, -0.2) is 74.2 Å². The van der Waals surface area contributed by atoms with Gasteiger partial charge >= 0.3 is 6.03 Å². The number of aliphatic hydroxyl groups excluding tert-OH is 1. The fourth-order valence-electron chi connectivity index (χ4n) is 4.57. The number of aliphatic hydroxyl groups is 1. The monoisotopic (exact) mass is 598 g/mol. The van der Waals surface area contributed by atoms with Crippen molar-refractivity contribution in [3.63, 3.8) is 0 Å². The summed E-state index contributed by atoms with van der Waals surface area (Å²) in [6.45, 7) is 5.43. The number of likely N-dealkylation sites (N-methyl/N-ethyl adjacent to an activating group) is 1. The zero-order valence-electron chi connectivity index (χ0n) is 23.9. The highest BCUT2D eigenvalue weighted by Gasteiger charge is 2.35. The Labute approximate surface area is 245 Å². The Morgan fingerprint density at radius 2 is 1.81 bits per heavy atom. The molecular weight excluding hydrogens is 563 g/mol. The number of para-hydroxylation sites is 1. The number of carbonyl (C=O) groups excluding carboxylic acids is 2. The minimum Gasteiger partial charge on any atom is -0.485 e. The van der Waals surface area contributed by atoms with Gasteiger partial charge in [-0.15, -0.1) is 0 Å². The van der Waals surface area contributed by atoms with Crippen molar-refractivity contribution in [2.45, 2.75) is 37.8 Å². The maximum absolute atomic E-state index is 13.7. The molecule has 42 heavy (non-hydrogen) atoms. The molecule has 3 N–H and O–H groups in total. The fourth-order valence-corrected chi connectivity index (χ4v) is 5.63. The van der Waals surface area contributed by atoms with E-state index in [4.69, 9.17) is 4.74 Å². The first kappa shape index (κ1) is 30.8. The summed E-state index contributed by atoms with van der Waals surface area (Å²) in [5.41, 5.74) is 1.49. The zero-order chi connectivity index (χ0) is 30.6. The largest absolute Gasteiger partial charge is 0.485 e. The van der Waals surface area contributed by atoms with Crippen molar-refractivity contribution in [2.24, 2.45) is 5.92 Å². The third-order valence-electron chi connectivity index (χ3n) is 7.16. The quantitative estimate of drug-likeness (QED) is 0.354. The highest BCUT2D eigenvalue weighted by molar-refractivity contribution is 7.92. The van der Waals surface area contributed by atoms with Crippen molar-refractivity contribution in [2.75, 3.05) is 36.8 Å². The highest BCUT2D eigenvalue weighted by Crippen LogP contribution is 2.36. The number of urea groups is 1. The van der Waals surface area contributed by atoms with Crippen LogP contribution >= 0.6 is 0 Å². The van der Waals surface area contributed by atoms with Gasteiger partial charge in [-0.2, -0.15) is 0 Å². The number of fused-ring (bicyclic) bond motifs is 1. The first-order valence-electron chi connectivity index (χ1n) is 13.5. The number of anilines is 2. The standard InChI is InChI=1S/C30H35FN4O6S/c1-19-8-14-24(15-9-19)42(39,40)33-26-7-5-6-25-28(26)41-27(20(2)16-35(29(25)37)21(3)18-36)17-34(4)30(38)32-23-12-10-22(31)11-13-23/h5-15,20-21,27,33,36H,16-18H2,1-4H3,(H,32,38)/t20-,21+,27+/m0/s1. The molecule has 0 aliphatic carbocycles. The van der Waals surface area contributed by atoms with Crippen LogP contribution in [0.1, 0.15) is 29.8 Å². The smallest absolute Gasteiger partial charge is 0.321 e. The molecule has 0 fully saturated rings. The molecule has 0 unspecified atom stereocenters. The summed E-state index contributed by atoms with van der Waals surface area (Å²) in [5.74, 6) is -1.16. The number of ether oxygens (including phenoxy) is 1. The number of sulfonamides is 1. The van der Waals surface area contributed by atoms with Crippen LogP contribution in [0, 0.1) is 18.7 Å². The zero-order valence-corrected chi connectivity index (χ0v) is 24.7. The first-order chi connectivity index (χ1) is 19.9. The lowest BCUT2D eigenvalue weighted by molar-refractivity contribution is 0.0373. The molecule has 1 aliphatic rings. The molecule has 3 aromatic carbocycles. The third kappa shape index (κ3) is 7.00. The SMILES string of the molecule is Cc1ccc(S(=O)(=O)Nc2cccc3c2O[C@H](CN(C)C(=O)Nc2ccc(F)cc2)[C@@H](C)CN([C@H](C)CO)C3=O)cc1. The minimum absolute atomic E-state index is 0.0252. The Hall–Kier alpha value is -4.16. The van der Waals surface area contributed by atoms with Gasteiger partial charge in [-0.05, 0) is 62.4 Å². The summed E-state index contributed by atoms with van der Waals surface area (Å²) < 4.78 is 48.8. The molecule has 3 atom stereocenters. The summed E-state index contributed by atoms with van der Waals surface area (Å²) in [4.78, 5) is 29.6. The second-order valence-electron chi connectivity index (χ2n) is 10.5. The molecule has 1 heterocycles. The molecule has 0 radical (unpaired) electrons. The molecule has 4 rings (SSSR count). The molecule has 0 saturated carbocycles. The summed E-state index contributed by atoms with van der Waals surface area (Å²) in [7, 11) is -2.47. The van der Waals surface area contributed by atoms with Gasteiger partial charge in [0.25, 0.3) is 15.9 Å². The number of rotatable bonds is 8. The van der Waals surface area contributed by atoms with Gasteiger partial charge in [-0.1, -0.05) is 30.7 Å². The van der Waals surface area contributed by atoms with Gasteiger partial charge < -0.3 is 25.0 Å². The Morgan fingerprint density at radius 1 is 1.14 bits per heavy atom. The van der Waals surface area contributed by atoms with Crippen LogP contribution in [0.15, 0.2) is 71.6 Å². The fraction of sp³-hybridized carbons (Fsp3) is 0.333. The number of nitrogens with one attached hydrogen (secondary N) is 2. The van der Waals surface area contributed by atoms with Crippen molar-refractivity contribution in [3.05, 3.63) is 83.7 Å². The maximum Gasteiger partial charge on any atom is 0.321 e. The molecule has 0 bridgehead atoms. The van der Waals surface area contributed by atoms with E-state index in [2.05, 4.69) is 10.0 Å². The van der Waals surface area contributed by atoms with Gasteiger partial charge in [-0.3, -0.25) is 9.52 Å². The van der Waals surface area contributed by atoms with Crippen LogP contribution in [0.5, 0.6) is 5.75 Å². The van der Waals surface area contributed by atoms with E-state index in [0.29, 0.717) is 5.69 Å². The lowest BCUT2D eigenvalue weighted by Gasteiger charge is -2.38. The number of nitrogens with zero attached hydrogens (tertiary/aromatic N) is 2. The molecule has 10 nitrogen and oxygen atoms in total. The van der Waals surface area contributed by atoms with Crippen molar-refractivity contribution in [1.82, 2.24) is 9.80 Å². The van der Waals surface area contributed by atoms with Gasteiger partial charge in [0.15, 0.2) is 5.75 Å². The van der Waals surface area contributed by atoms with Crippen molar-refractivity contribution < 1.29 is 32.2 Å². The number of aryl methyl sites for hydroxylation is 1. The molecule has 3 aromatic rings. The number of carbonyl (C=O) groups is 2. The number of halogens is 1. The predicted octanol–water partition coefficient (Wildman–Crippen LogP) is 4.32. The molecular formula is C30H35FN4O6S. The Kier molecular flexibility index (Phi) is 9.37. The van der Waals surface area contributed by atoms with Crippen LogP contribution in [-0.2, 0) is 10.0 Å². The molecule has 3 amide bonds. The lowest BCUT2D eigenvalue weighted by Crippen LogP contribution is -2.50. The van der Waals surface area contributed by atoms with Crippen molar-refractivity contribution in [3.8, 4) is 5.75 Å². The number of hydrogen-bond acceptors (Lipinski definition) is 6. The topological polar surface area (TPSA) is 128 Å². The Bertz CT molecular complexity index is 1530. The molecule has 0 aromatic heterocycles. The third-order valence-corrected chi connectivity index (χ3v) is 8.54. The minimum atomic E-state index is -4.04. The maximum atomic E-state index is 13.7. The molecule has 0 spiro atoms. The highest BCUT2D eigenvalue weighted by atomic mass is 32.2. The van der Waals surface area contributed by atoms with Gasteiger partial charge in [0.2, 0.25) is 0 Å². The van der Waals surface area contributed by atoms with E-state index in [-0.39, 0.29) is 47.5 Å². The molecule has 1 aliphatic heterocycles. The average molecular weight is 599 g/mol. The van der Waals surface area contributed by atoms with E-state index in [9.17, 15) is 27.5 Å². The van der Waals surface area contributed by atoms with E-state index in [0.717, 1.165) is 5.56 Å². The first-order valence-corrected chi connectivity index (χ1v) is 15.0. The molecule has 0 saturated heterocycles. The molecule has 224 valence electrons. The number of hydrogen-bond donors (Lipinski definition) is 3. The Balaban J connectivity index is 1.68. The second-order valence-corrected chi connectivity index (χ2v) is 12.2. The average Bonchev–Trinajstić information content (AvgIpc) is 2.96. The summed E-state index contributed by atoms with van der Waals surface area (Å²) in [6.07, 6.45) is -0.681. The van der Waals surface area contributed by atoms with Gasteiger partial charge in [0.05, 0.1) is 35.3 Å². The molecule has 12 heteroatoms. The van der Waals surface area contributed by atoms with Gasteiger partial charge in [0, 0.05) is 25.2 Å². The van der Waals surface area contributed by atoms with E-state index in [1.165, 1.54) is 58.3 Å². The van der Waals surface area contributed by atoms with E-state index in [1.807, 2.05) is 13.8 Å². The van der Waals surface area contributed by atoms with Crippen LogP contribution in [0.3, 0.4) is 0 Å². The summed E-state index contributed by atoms with van der Waals surface area (Å²) in [5, 5.41) is 12.6. The van der Waals surface area contributed by atoms with Crippen molar-refractivity contribution >= 4 is 33.3 Å². The van der Waals surface area contributed by atoms with Gasteiger partial charge in [0.1, 0.15) is 11.9 Å². The normalized spacial score (nSPS) is 17.8. The van der Waals surface area contributed by atoms with Gasteiger partial charge in [-0.25, -0.2) is 17.6 Å². The summed E-state index contributed by atoms with van der Waals surface area (Å²) >= 11 is 0. The van der Waals surface area contributed by atoms with E-state index in [1.54, 1.807) is 32.2 Å². The lowest BCUT2D eigenvalue weighted by atomic mass is 9.99.